The molecule has 2 aromatic rings. The first-order valence-corrected chi connectivity index (χ1v) is 7.88. The van der Waals surface area contributed by atoms with Crippen LogP contribution < -0.4 is 15.8 Å². The highest BCUT2D eigenvalue weighted by molar-refractivity contribution is 6.30. The third-order valence-electron chi connectivity index (χ3n) is 3.51. The number of hydrogen-bond donors (Lipinski definition) is 2. The topological polar surface area (TPSA) is 64.3 Å². The maximum atomic E-state index is 12.1. The Morgan fingerprint density at radius 1 is 1.17 bits per heavy atom. The van der Waals surface area contributed by atoms with Gasteiger partial charge in [-0.3, -0.25) is 4.79 Å². The normalized spacial score (nSPS) is 9.96. The number of halogens is 2. The highest BCUT2D eigenvalue weighted by Crippen LogP contribution is 2.21. The van der Waals surface area contributed by atoms with Crippen LogP contribution in [-0.2, 0) is 0 Å². The molecule has 2 aromatic carbocycles. The largest absolute Gasteiger partial charge is 0.493 e. The molecule has 0 radical (unpaired) electrons. The van der Waals surface area contributed by atoms with Gasteiger partial charge in [0, 0.05) is 22.8 Å². The van der Waals surface area contributed by atoms with Gasteiger partial charge in [-0.1, -0.05) is 17.7 Å². The summed E-state index contributed by atoms with van der Waals surface area (Å²) in [6, 6.07) is 10.8. The monoisotopic (exact) mass is 368 g/mol. The number of carbonyl (C=O) groups excluding carboxylic acids is 1. The van der Waals surface area contributed by atoms with Crippen molar-refractivity contribution in [2.24, 2.45) is 0 Å². The molecule has 0 aliphatic carbocycles. The summed E-state index contributed by atoms with van der Waals surface area (Å²) in [5, 5.41) is 3.58. The van der Waals surface area contributed by atoms with E-state index < -0.39 is 0 Å². The zero-order chi connectivity index (χ0) is 16.8. The predicted octanol–water partition coefficient (Wildman–Crippen LogP) is 4.16. The molecule has 0 unspecified atom stereocenters. The lowest BCUT2D eigenvalue weighted by Crippen LogP contribution is -2.26. The fourth-order valence-electron chi connectivity index (χ4n) is 2.21. The summed E-state index contributed by atoms with van der Waals surface area (Å²) in [6.45, 7) is 4.91. The van der Waals surface area contributed by atoms with Gasteiger partial charge in [-0.15, -0.1) is 12.4 Å². The number of benzene rings is 2. The predicted molar refractivity (Wildman–Crippen MR) is 101 cm³/mol. The van der Waals surface area contributed by atoms with Crippen LogP contribution in [0.5, 0.6) is 5.75 Å². The Hall–Kier alpha value is -1.91. The average Bonchev–Trinajstić information content (AvgIpc) is 2.51. The molecule has 130 valence electrons. The van der Waals surface area contributed by atoms with Crippen molar-refractivity contribution in [3.8, 4) is 5.75 Å². The number of nitrogens with two attached hydrogens (primary N) is 1. The lowest BCUT2D eigenvalue weighted by molar-refractivity contribution is 0.0951. The van der Waals surface area contributed by atoms with E-state index >= 15 is 0 Å². The molecular formula is C18H22Cl2N2O2. The number of aryl methyl sites for hydroxylation is 2. The minimum atomic E-state index is -0.113. The molecule has 0 aromatic heterocycles. The van der Waals surface area contributed by atoms with Crippen molar-refractivity contribution in [1.82, 2.24) is 5.32 Å². The molecule has 4 nitrogen and oxygen atoms in total. The highest BCUT2D eigenvalue weighted by Gasteiger charge is 2.08. The zero-order valence-corrected chi connectivity index (χ0v) is 15.3. The van der Waals surface area contributed by atoms with E-state index in [4.69, 9.17) is 22.1 Å². The molecule has 1 amide bonds. The molecule has 0 aliphatic heterocycles. The molecular weight excluding hydrogens is 347 g/mol. The number of carbonyl (C=O) groups is 1. The van der Waals surface area contributed by atoms with E-state index in [2.05, 4.69) is 5.32 Å². The first kappa shape index (κ1) is 20.1. The summed E-state index contributed by atoms with van der Waals surface area (Å²) in [4.78, 5) is 12.1. The van der Waals surface area contributed by atoms with Crippen LogP contribution >= 0.6 is 24.0 Å². The molecule has 0 saturated carbocycles. The number of amides is 1. The van der Waals surface area contributed by atoms with Gasteiger partial charge >= 0.3 is 0 Å². The van der Waals surface area contributed by atoms with Crippen molar-refractivity contribution < 1.29 is 9.53 Å². The van der Waals surface area contributed by atoms with Crippen LogP contribution in [0.1, 0.15) is 27.9 Å². The number of rotatable bonds is 6. The Morgan fingerprint density at radius 2 is 1.92 bits per heavy atom. The van der Waals surface area contributed by atoms with Crippen LogP contribution in [0.15, 0.2) is 36.4 Å². The van der Waals surface area contributed by atoms with Crippen molar-refractivity contribution >= 4 is 35.6 Å². The average molecular weight is 369 g/mol. The smallest absolute Gasteiger partial charge is 0.251 e. The molecule has 24 heavy (non-hydrogen) atoms. The standard InChI is InChI=1S/C18H21ClN2O2.ClH/c1-12-4-6-15(20)11-16(12)18(22)21-8-3-9-23-17-7-5-14(19)10-13(17)2;/h4-7,10-11H,3,8-9,20H2,1-2H3,(H,21,22);1H. The van der Waals surface area contributed by atoms with Crippen molar-refractivity contribution in [3.63, 3.8) is 0 Å². The molecule has 0 spiro atoms. The maximum absolute atomic E-state index is 12.1. The molecule has 0 aliphatic rings. The van der Waals surface area contributed by atoms with Crippen LogP contribution in [0, 0.1) is 13.8 Å². The summed E-state index contributed by atoms with van der Waals surface area (Å²) in [6.07, 6.45) is 0.717. The second-order valence-electron chi connectivity index (χ2n) is 5.44. The van der Waals surface area contributed by atoms with Crippen molar-refractivity contribution in [2.45, 2.75) is 20.3 Å². The first-order chi connectivity index (χ1) is 11.0. The maximum Gasteiger partial charge on any atom is 0.251 e. The number of nitrogen functional groups attached to an aromatic ring is 1. The van der Waals surface area contributed by atoms with Crippen molar-refractivity contribution in [3.05, 3.63) is 58.1 Å². The van der Waals surface area contributed by atoms with Crippen molar-refractivity contribution in [1.29, 1.82) is 0 Å². The Kier molecular flexibility index (Phi) is 7.89. The van der Waals surface area contributed by atoms with Gasteiger partial charge in [-0.05, 0) is 61.7 Å². The van der Waals surface area contributed by atoms with Gasteiger partial charge in [0.25, 0.3) is 5.91 Å². The van der Waals surface area contributed by atoms with Crippen LogP contribution in [-0.4, -0.2) is 19.1 Å². The van der Waals surface area contributed by atoms with E-state index in [-0.39, 0.29) is 18.3 Å². The van der Waals surface area contributed by atoms with Crippen LogP contribution in [0.3, 0.4) is 0 Å². The minimum absolute atomic E-state index is 0. The number of ether oxygens (including phenoxy) is 1. The summed E-state index contributed by atoms with van der Waals surface area (Å²) < 4.78 is 5.69. The Bertz CT molecular complexity index is 705. The fourth-order valence-corrected chi connectivity index (χ4v) is 2.44. The minimum Gasteiger partial charge on any atom is -0.493 e. The van der Waals surface area contributed by atoms with Crippen LogP contribution in [0.25, 0.3) is 0 Å². The molecule has 0 atom stereocenters. The third kappa shape index (κ3) is 5.62. The first-order valence-electron chi connectivity index (χ1n) is 7.50. The van der Waals surface area contributed by atoms with Gasteiger partial charge in [0.2, 0.25) is 0 Å². The SMILES string of the molecule is Cc1cc(Cl)ccc1OCCCNC(=O)c1cc(N)ccc1C.Cl. The summed E-state index contributed by atoms with van der Waals surface area (Å²) >= 11 is 5.91. The van der Waals surface area contributed by atoms with E-state index in [0.717, 1.165) is 23.3 Å². The van der Waals surface area contributed by atoms with Gasteiger partial charge < -0.3 is 15.8 Å². The van der Waals surface area contributed by atoms with E-state index in [9.17, 15) is 4.79 Å². The second kappa shape index (κ2) is 9.40. The highest BCUT2D eigenvalue weighted by atomic mass is 35.5. The van der Waals surface area contributed by atoms with Crippen LogP contribution in [0.2, 0.25) is 5.02 Å². The number of hydrogen-bond acceptors (Lipinski definition) is 3. The lowest BCUT2D eigenvalue weighted by atomic mass is 10.1. The molecule has 0 heterocycles. The van der Waals surface area contributed by atoms with Gasteiger partial charge in [-0.25, -0.2) is 0 Å². The quantitative estimate of drug-likeness (QED) is 0.594. The molecule has 2 rings (SSSR count). The van der Waals surface area contributed by atoms with Gasteiger partial charge in [0.1, 0.15) is 5.75 Å². The molecule has 6 heteroatoms. The Morgan fingerprint density at radius 3 is 2.62 bits per heavy atom. The Labute approximate surface area is 153 Å². The second-order valence-corrected chi connectivity index (χ2v) is 5.88. The fraction of sp³-hybridized carbons (Fsp3) is 0.278. The third-order valence-corrected chi connectivity index (χ3v) is 3.74. The number of anilines is 1. The lowest BCUT2D eigenvalue weighted by Gasteiger charge is -2.11. The molecule has 3 N–H and O–H groups in total. The van der Waals surface area contributed by atoms with Crippen LogP contribution in [0.4, 0.5) is 5.69 Å². The van der Waals surface area contributed by atoms with Gasteiger partial charge in [0.15, 0.2) is 0 Å². The zero-order valence-electron chi connectivity index (χ0n) is 13.8. The molecule has 0 saturated heterocycles. The van der Waals surface area contributed by atoms with E-state index in [1.54, 1.807) is 18.2 Å². The summed E-state index contributed by atoms with van der Waals surface area (Å²) in [5.41, 5.74) is 8.82. The van der Waals surface area contributed by atoms with Gasteiger partial charge in [0.05, 0.1) is 6.61 Å². The van der Waals surface area contributed by atoms with Gasteiger partial charge in [-0.2, -0.15) is 0 Å². The van der Waals surface area contributed by atoms with E-state index in [0.29, 0.717) is 29.4 Å². The van der Waals surface area contributed by atoms with E-state index in [1.165, 1.54) is 0 Å². The summed E-state index contributed by atoms with van der Waals surface area (Å²) in [5.74, 6) is 0.699. The Balaban J connectivity index is 0.00000288. The number of nitrogens with one attached hydrogen (secondary N) is 1. The van der Waals surface area contributed by atoms with E-state index in [1.807, 2.05) is 32.0 Å². The van der Waals surface area contributed by atoms with Crippen molar-refractivity contribution in [2.75, 3.05) is 18.9 Å². The molecule has 0 bridgehead atoms. The molecule has 0 fully saturated rings. The summed E-state index contributed by atoms with van der Waals surface area (Å²) in [7, 11) is 0.